The van der Waals surface area contributed by atoms with Gasteiger partial charge >= 0.3 is 5.97 Å². The molecule has 0 aliphatic carbocycles. The average Bonchev–Trinajstić information content (AvgIpc) is 3.42. The van der Waals surface area contributed by atoms with Gasteiger partial charge in [-0.2, -0.15) is 0 Å². The first-order valence-electron chi connectivity index (χ1n) is 9.21. The number of fused-ring (bicyclic) bond motifs is 2. The van der Waals surface area contributed by atoms with Crippen LogP contribution < -0.4 is 18.9 Å². The summed E-state index contributed by atoms with van der Waals surface area (Å²) in [5, 5.41) is 0. The van der Waals surface area contributed by atoms with Crippen molar-refractivity contribution in [3.63, 3.8) is 0 Å². The summed E-state index contributed by atoms with van der Waals surface area (Å²) in [6.45, 7) is 0.458. The van der Waals surface area contributed by atoms with E-state index in [1.54, 1.807) is 7.11 Å². The van der Waals surface area contributed by atoms with E-state index in [2.05, 4.69) is 0 Å². The first-order valence-corrected chi connectivity index (χ1v) is 9.21. The van der Waals surface area contributed by atoms with Crippen molar-refractivity contribution in [2.24, 2.45) is 11.8 Å². The third kappa shape index (κ3) is 3.01. The number of ether oxygens (including phenoxy) is 6. The summed E-state index contributed by atoms with van der Waals surface area (Å²) in [6, 6.07) is 11.6. The molecule has 1 fully saturated rings. The molecular weight excluding hydrogens is 364 g/mol. The Morgan fingerprint density at radius 2 is 1.43 bits per heavy atom. The molecule has 2 aromatic rings. The van der Waals surface area contributed by atoms with Crippen molar-refractivity contribution in [1.82, 2.24) is 0 Å². The lowest BCUT2D eigenvalue weighted by Gasteiger charge is -2.20. The van der Waals surface area contributed by atoms with Crippen molar-refractivity contribution in [3.8, 4) is 23.0 Å². The Bertz CT molecular complexity index is 910. The maximum Gasteiger partial charge on any atom is 0.312 e. The molecule has 146 valence electrons. The van der Waals surface area contributed by atoms with Crippen LogP contribution in [0.1, 0.15) is 11.1 Å². The number of hydrogen-bond donors (Lipinski definition) is 0. The molecule has 7 nitrogen and oxygen atoms in total. The SMILES string of the molecule is COC1OC(=O)C(Cc2ccc3c(c2)OCO3)C1Cc1ccc2c(c1)OCO2. The Kier molecular flexibility index (Phi) is 4.24. The minimum atomic E-state index is -0.572. The number of carbonyl (C=O) groups is 1. The van der Waals surface area contributed by atoms with Crippen LogP contribution in [0.5, 0.6) is 23.0 Å². The van der Waals surface area contributed by atoms with E-state index in [0.29, 0.717) is 18.6 Å². The van der Waals surface area contributed by atoms with E-state index in [-0.39, 0.29) is 31.4 Å². The molecule has 0 bridgehead atoms. The highest BCUT2D eigenvalue weighted by Crippen LogP contribution is 2.39. The molecule has 0 spiro atoms. The fourth-order valence-electron chi connectivity index (χ4n) is 4.01. The zero-order chi connectivity index (χ0) is 19.1. The molecule has 0 amide bonds. The van der Waals surface area contributed by atoms with Crippen LogP contribution in [0.25, 0.3) is 0 Å². The van der Waals surface area contributed by atoms with Gasteiger partial charge in [-0.25, -0.2) is 0 Å². The molecule has 3 heterocycles. The van der Waals surface area contributed by atoms with Gasteiger partial charge in [-0.05, 0) is 48.2 Å². The van der Waals surface area contributed by atoms with Crippen LogP contribution in [0.4, 0.5) is 0 Å². The second-order valence-corrected chi connectivity index (χ2v) is 7.09. The summed E-state index contributed by atoms with van der Waals surface area (Å²) in [5.74, 6) is 2.24. The number of benzene rings is 2. The molecule has 7 heteroatoms. The van der Waals surface area contributed by atoms with Crippen molar-refractivity contribution in [1.29, 1.82) is 0 Å². The van der Waals surface area contributed by atoms with Gasteiger partial charge in [0.25, 0.3) is 0 Å². The van der Waals surface area contributed by atoms with Crippen LogP contribution in [-0.2, 0) is 27.1 Å². The first-order chi connectivity index (χ1) is 13.7. The lowest BCUT2D eigenvalue weighted by Crippen LogP contribution is -2.26. The number of hydrogen-bond acceptors (Lipinski definition) is 7. The van der Waals surface area contributed by atoms with Crippen LogP contribution in [0, 0.1) is 11.8 Å². The number of rotatable bonds is 5. The molecule has 0 radical (unpaired) electrons. The van der Waals surface area contributed by atoms with Gasteiger partial charge in [0.15, 0.2) is 23.0 Å². The minimum absolute atomic E-state index is 0.108. The Morgan fingerprint density at radius 3 is 2.04 bits per heavy atom. The highest BCUT2D eigenvalue weighted by Gasteiger charge is 2.45. The average molecular weight is 384 g/mol. The predicted octanol–water partition coefficient (Wildman–Crippen LogP) is 2.69. The van der Waals surface area contributed by atoms with E-state index in [4.69, 9.17) is 28.4 Å². The number of esters is 1. The van der Waals surface area contributed by atoms with Crippen LogP contribution in [0.2, 0.25) is 0 Å². The van der Waals surface area contributed by atoms with Gasteiger partial charge in [0.2, 0.25) is 19.9 Å². The number of methoxy groups -OCH3 is 1. The molecule has 0 aromatic heterocycles. The second-order valence-electron chi connectivity index (χ2n) is 7.09. The summed E-state index contributed by atoms with van der Waals surface area (Å²) in [5.41, 5.74) is 2.05. The summed E-state index contributed by atoms with van der Waals surface area (Å²) in [6.07, 6.45) is 0.609. The molecule has 1 saturated heterocycles. The molecule has 0 N–H and O–H groups in total. The Hall–Kier alpha value is -2.93. The van der Waals surface area contributed by atoms with E-state index in [0.717, 1.165) is 28.4 Å². The molecule has 3 atom stereocenters. The monoisotopic (exact) mass is 384 g/mol. The molecule has 3 unspecified atom stereocenters. The maximum atomic E-state index is 12.6. The van der Waals surface area contributed by atoms with Gasteiger partial charge < -0.3 is 28.4 Å². The van der Waals surface area contributed by atoms with E-state index >= 15 is 0 Å². The summed E-state index contributed by atoms with van der Waals surface area (Å²) in [4.78, 5) is 12.6. The maximum absolute atomic E-state index is 12.6. The highest BCUT2D eigenvalue weighted by atomic mass is 16.7. The van der Waals surface area contributed by atoms with Crippen molar-refractivity contribution in [2.75, 3.05) is 20.7 Å². The van der Waals surface area contributed by atoms with E-state index in [1.165, 1.54) is 0 Å². The van der Waals surface area contributed by atoms with Crippen molar-refractivity contribution < 1.29 is 33.2 Å². The molecule has 2 aromatic carbocycles. The lowest BCUT2D eigenvalue weighted by molar-refractivity contribution is -0.162. The third-order valence-corrected chi connectivity index (χ3v) is 5.43. The van der Waals surface area contributed by atoms with Crippen LogP contribution >= 0.6 is 0 Å². The minimum Gasteiger partial charge on any atom is -0.454 e. The second kappa shape index (κ2) is 6.91. The normalized spacial score (nSPS) is 24.5. The standard InChI is InChI=1S/C21H20O7/c1-23-21-15(7-13-3-5-17-19(9-13)27-11-25-17)14(20(22)28-21)6-12-2-4-16-18(8-12)26-10-24-16/h2-5,8-9,14-15,21H,6-7,10-11H2,1H3. The van der Waals surface area contributed by atoms with Gasteiger partial charge in [-0.1, -0.05) is 12.1 Å². The first kappa shape index (κ1) is 17.2. The van der Waals surface area contributed by atoms with Crippen LogP contribution in [-0.4, -0.2) is 33.0 Å². The van der Waals surface area contributed by atoms with Crippen LogP contribution in [0.15, 0.2) is 36.4 Å². The molecule has 3 aliphatic heterocycles. The smallest absolute Gasteiger partial charge is 0.312 e. The summed E-state index contributed by atoms with van der Waals surface area (Å²) in [7, 11) is 1.56. The van der Waals surface area contributed by atoms with Gasteiger partial charge in [0, 0.05) is 13.0 Å². The number of cyclic esters (lactones) is 1. The Morgan fingerprint density at radius 1 is 0.857 bits per heavy atom. The lowest BCUT2D eigenvalue weighted by atomic mass is 9.84. The topological polar surface area (TPSA) is 72.5 Å². The number of carbonyl (C=O) groups excluding carboxylic acids is 1. The summed E-state index contributed by atoms with van der Waals surface area (Å²) >= 11 is 0. The van der Waals surface area contributed by atoms with Crippen molar-refractivity contribution in [2.45, 2.75) is 19.1 Å². The third-order valence-electron chi connectivity index (χ3n) is 5.43. The molecule has 3 aliphatic rings. The van der Waals surface area contributed by atoms with Gasteiger partial charge in [-0.3, -0.25) is 4.79 Å². The highest BCUT2D eigenvalue weighted by molar-refractivity contribution is 5.75. The summed E-state index contributed by atoms with van der Waals surface area (Å²) < 4.78 is 32.6. The molecular formula is C21H20O7. The molecule has 5 rings (SSSR count). The predicted molar refractivity (Wildman–Crippen MR) is 96.4 cm³/mol. The van der Waals surface area contributed by atoms with Crippen molar-refractivity contribution >= 4 is 5.97 Å². The van der Waals surface area contributed by atoms with E-state index < -0.39 is 6.29 Å². The van der Waals surface area contributed by atoms with E-state index in [9.17, 15) is 4.79 Å². The largest absolute Gasteiger partial charge is 0.454 e. The van der Waals surface area contributed by atoms with Gasteiger partial charge in [0.05, 0.1) is 5.92 Å². The molecule has 28 heavy (non-hydrogen) atoms. The zero-order valence-electron chi connectivity index (χ0n) is 15.4. The zero-order valence-corrected chi connectivity index (χ0v) is 15.4. The fraction of sp³-hybridized carbons (Fsp3) is 0.381. The van der Waals surface area contributed by atoms with Crippen LogP contribution in [0.3, 0.4) is 0 Å². The Balaban J connectivity index is 1.38. The van der Waals surface area contributed by atoms with Gasteiger partial charge in [-0.15, -0.1) is 0 Å². The van der Waals surface area contributed by atoms with Gasteiger partial charge in [0.1, 0.15) is 0 Å². The van der Waals surface area contributed by atoms with E-state index in [1.807, 2.05) is 36.4 Å². The quantitative estimate of drug-likeness (QED) is 0.734. The molecule has 0 saturated carbocycles. The fourth-order valence-corrected chi connectivity index (χ4v) is 4.01. The Labute approximate surface area is 162 Å². The van der Waals surface area contributed by atoms with Crippen molar-refractivity contribution in [3.05, 3.63) is 47.5 Å².